The zero-order chi connectivity index (χ0) is 9.84. The predicted octanol–water partition coefficient (Wildman–Crippen LogP) is 1.18. The molecule has 4 heteroatoms. The van der Waals surface area contributed by atoms with Crippen LogP contribution in [0.4, 0.5) is 0 Å². The van der Waals surface area contributed by atoms with Gasteiger partial charge in [-0.05, 0) is 12.8 Å². The molecular weight excluding hydrogens is 186 g/mol. The van der Waals surface area contributed by atoms with Crippen molar-refractivity contribution in [2.75, 3.05) is 5.75 Å². The van der Waals surface area contributed by atoms with Crippen LogP contribution < -0.4 is 5.32 Å². The van der Waals surface area contributed by atoms with Gasteiger partial charge >= 0.3 is 0 Å². The van der Waals surface area contributed by atoms with Gasteiger partial charge in [0.05, 0.1) is 6.04 Å². The van der Waals surface area contributed by atoms with Gasteiger partial charge in [-0.25, -0.2) is 0 Å². The van der Waals surface area contributed by atoms with Crippen molar-refractivity contribution in [3.05, 3.63) is 0 Å². The maximum atomic E-state index is 11.4. The van der Waals surface area contributed by atoms with E-state index in [1.54, 1.807) is 0 Å². The highest BCUT2D eigenvalue weighted by Crippen LogP contribution is 2.19. The van der Waals surface area contributed by atoms with E-state index >= 15 is 0 Å². The molecule has 13 heavy (non-hydrogen) atoms. The van der Waals surface area contributed by atoms with Crippen molar-refractivity contribution in [3.63, 3.8) is 0 Å². The van der Waals surface area contributed by atoms with E-state index in [-0.39, 0.29) is 23.0 Å². The fourth-order valence-corrected chi connectivity index (χ4v) is 2.06. The minimum atomic E-state index is -0.230. The predicted molar refractivity (Wildman–Crippen MR) is 53.5 cm³/mol. The minimum absolute atomic E-state index is 0.00310. The van der Waals surface area contributed by atoms with Gasteiger partial charge in [-0.15, -0.1) is 0 Å². The summed E-state index contributed by atoms with van der Waals surface area (Å²) in [6.45, 7) is 3.84. The molecule has 1 amide bonds. The molecule has 0 aromatic carbocycles. The van der Waals surface area contributed by atoms with E-state index < -0.39 is 0 Å². The van der Waals surface area contributed by atoms with Crippen molar-refractivity contribution in [2.24, 2.45) is 5.92 Å². The number of carbonyl (C=O) groups is 2. The zero-order valence-electron chi connectivity index (χ0n) is 8.00. The average Bonchev–Trinajstić information content (AvgIpc) is 2.50. The Hall–Kier alpha value is -0.510. The molecule has 1 N–H and O–H groups in total. The monoisotopic (exact) mass is 201 g/mol. The molecule has 0 aliphatic carbocycles. The number of carbonyl (C=O) groups excluding carboxylic acids is 2. The molecule has 0 radical (unpaired) electrons. The van der Waals surface area contributed by atoms with Crippen LogP contribution in [-0.4, -0.2) is 22.8 Å². The van der Waals surface area contributed by atoms with E-state index in [1.165, 1.54) is 11.8 Å². The number of thioether (sulfide) groups is 1. The molecule has 1 rings (SSSR count). The van der Waals surface area contributed by atoms with Crippen LogP contribution in [0.3, 0.4) is 0 Å². The van der Waals surface area contributed by atoms with Crippen LogP contribution in [0.2, 0.25) is 0 Å². The molecule has 0 saturated carbocycles. The summed E-state index contributed by atoms with van der Waals surface area (Å²) in [5.74, 6) is 0.853. The van der Waals surface area contributed by atoms with Crippen LogP contribution in [-0.2, 0) is 9.59 Å². The molecule has 3 nitrogen and oxygen atoms in total. The summed E-state index contributed by atoms with van der Waals surface area (Å²) in [5.41, 5.74) is 0. The number of nitrogens with one attached hydrogen (secondary N) is 1. The van der Waals surface area contributed by atoms with Crippen LogP contribution in [0, 0.1) is 5.92 Å². The number of hydrogen-bond donors (Lipinski definition) is 1. The summed E-state index contributed by atoms with van der Waals surface area (Å²) in [5, 5.41) is 2.88. The van der Waals surface area contributed by atoms with E-state index in [1.807, 2.05) is 13.8 Å². The Morgan fingerprint density at radius 1 is 1.77 bits per heavy atom. The SMILES string of the molecule is CC[C@H](C)C(=O)N[C@H]1CCSC1=O. The molecule has 1 saturated heterocycles. The van der Waals surface area contributed by atoms with E-state index in [9.17, 15) is 9.59 Å². The standard InChI is InChI=1S/C9H15NO2S/c1-3-6(2)8(11)10-7-4-5-13-9(7)12/h6-7H,3-5H2,1-2H3,(H,10,11)/t6-,7-/m0/s1. The van der Waals surface area contributed by atoms with Gasteiger partial charge in [0.25, 0.3) is 0 Å². The number of hydrogen-bond acceptors (Lipinski definition) is 3. The molecule has 0 bridgehead atoms. The third kappa shape index (κ3) is 2.72. The molecule has 1 fully saturated rings. The van der Waals surface area contributed by atoms with E-state index in [2.05, 4.69) is 5.32 Å². The third-order valence-corrected chi connectivity index (χ3v) is 3.32. The van der Waals surface area contributed by atoms with Gasteiger partial charge in [0, 0.05) is 11.7 Å². The zero-order valence-corrected chi connectivity index (χ0v) is 8.82. The average molecular weight is 201 g/mol. The highest BCUT2D eigenvalue weighted by atomic mass is 32.2. The maximum Gasteiger partial charge on any atom is 0.223 e. The van der Waals surface area contributed by atoms with Crippen molar-refractivity contribution in [1.29, 1.82) is 0 Å². The van der Waals surface area contributed by atoms with Crippen molar-refractivity contribution >= 4 is 22.8 Å². The third-order valence-electron chi connectivity index (χ3n) is 2.31. The molecule has 74 valence electrons. The van der Waals surface area contributed by atoms with Crippen molar-refractivity contribution in [3.8, 4) is 0 Å². The van der Waals surface area contributed by atoms with Crippen LogP contribution in [0.1, 0.15) is 26.7 Å². The van der Waals surface area contributed by atoms with Crippen molar-refractivity contribution in [2.45, 2.75) is 32.7 Å². The summed E-state index contributed by atoms with van der Waals surface area (Å²) >= 11 is 1.31. The van der Waals surface area contributed by atoms with Crippen molar-refractivity contribution in [1.82, 2.24) is 5.32 Å². The second-order valence-electron chi connectivity index (χ2n) is 3.33. The van der Waals surface area contributed by atoms with Gasteiger partial charge in [-0.3, -0.25) is 9.59 Å². The first-order valence-corrected chi connectivity index (χ1v) is 5.60. The Kier molecular flexibility index (Phi) is 3.78. The van der Waals surface area contributed by atoms with E-state index in [0.29, 0.717) is 0 Å². The first-order chi connectivity index (χ1) is 6.15. The van der Waals surface area contributed by atoms with Crippen LogP contribution in [0.5, 0.6) is 0 Å². The fourth-order valence-electron chi connectivity index (χ4n) is 1.13. The molecule has 1 aliphatic heterocycles. The topological polar surface area (TPSA) is 46.2 Å². The second-order valence-corrected chi connectivity index (χ2v) is 4.43. The lowest BCUT2D eigenvalue weighted by Gasteiger charge is -2.13. The first kappa shape index (κ1) is 10.6. The van der Waals surface area contributed by atoms with E-state index in [0.717, 1.165) is 18.6 Å². The highest BCUT2D eigenvalue weighted by molar-refractivity contribution is 8.14. The lowest BCUT2D eigenvalue weighted by atomic mass is 10.1. The first-order valence-electron chi connectivity index (χ1n) is 4.62. The Labute approximate surface area is 82.6 Å². The summed E-state index contributed by atoms with van der Waals surface area (Å²) < 4.78 is 0. The van der Waals surface area contributed by atoms with E-state index in [4.69, 9.17) is 0 Å². The Morgan fingerprint density at radius 2 is 2.46 bits per heavy atom. The second kappa shape index (κ2) is 4.65. The molecular formula is C9H15NO2S. The molecule has 2 atom stereocenters. The van der Waals surface area contributed by atoms with Gasteiger partial charge in [-0.2, -0.15) is 0 Å². The smallest absolute Gasteiger partial charge is 0.223 e. The summed E-state index contributed by atoms with van der Waals surface area (Å²) in [7, 11) is 0. The molecule has 0 aromatic rings. The fraction of sp³-hybridized carbons (Fsp3) is 0.778. The molecule has 1 aliphatic rings. The van der Waals surface area contributed by atoms with Crippen LogP contribution in [0.25, 0.3) is 0 Å². The van der Waals surface area contributed by atoms with Gasteiger partial charge in [0.1, 0.15) is 0 Å². The van der Waals surface area contributed by atoms with Gasteiger partial charge in [-0.1, -0.05) is 25.6 Å². The summed E-state index contributed by atoms with van der Waals surface area (Å²) in [4.78, 5) is 22.6. The molecule has 0 unspecified atom stereocenters. The largest absolute Gasteiger partial charge is 0.345 e. The Balaban J connectivity index is 2.39. The van der Waals surface area contributed by atoms with Gasteiger partial charge in [0.15, 0.2) is 0 Å². The molecule has 0 spiro atoms. The summed E-state index contributed by atoms with van der Waals surface area (Å²) in [6, 6.07) is -0.230. The van der Waals surface area contributed by atoms with Gasteiger partial charge < -0.3 is 5.32 Å². The Morgan fingerprint density at radius 3 is 2.92 bits per heavy atom. The highest BCUT2D eigenvalue weighted by Gasteiger charge is 2.27. The lowest BCUT2D eigenvalue weighted by Crippen LogP contribution is -2.39. The molecule has 0 aromatic heterocycles. The van der Waals surface area contributed by atoms with Crippen LogP contribution >= 0.6 is 11.8 Å². The van der Waals surface area contributed by atoms with Crippen molar-refractivity contribution < 1.29 is 9.59 Å². The lowest BCUT2D eigenvalue weighted by molar-refractivity contribution is -0.127. The van der Waals surface area contributed by atoms with Crippen LogP contribution in [0.15, 0.2) is 0 Å². The maximum absolute atomic E-state index is 11.4. The van der Waals surface area contributed by atoms with Gasteiger partial charge in [0.2, 0.25) is 11.0 Å². The Bertz CT molecular complexity index is 218. The minimum Gasteiger partial charge on any atom is -0.345 e. The quantitative estimate of drug-likeness (QED) is 0.746. The molecule has 1 heterocycles. The number of amides is 1. The normalized spacial score (nSPS) is 24.5. The summed E-state index contributed by atoms with van der Waals surface area (Å²) in [6.07, 6.45) is 1.60. The number of rotatable bonds is 3.